The predicted molar refractivity (Wildman–Crippen MR) is 94.1 cm³/mol. The van der Waals surface area contributed by atoms with Gasteiger partial charge >= 0.3 is 0 Å². The number of ether oxygens (including phenoxy) is 1. The maximum absolute atomic E-state index is 6.14. The Hall–Kier alpha value is -0.870. The third-order valence-electron chi connectivity index (χ3n) is 4.30. The van der Waals surface area contributed by atoms with Crippen LogP contribution in [0.25, 0.3) is 0 Å². The van der Waals surface area contributed by atoms with Crippen LogP contribution in [0.5, 0.6) is 5.75 Å². The molecule has 1 aromatic carbocycles. The average Bonchev–Trinajstić information content (AvgIpc) is 2.51. The Labute approximate surface area is 136 Å². The summed E-state index contributed by atoms with van der Waals surface area (Å²) in [6.45, 7) is 7.39. The maximum Gasteiger partial charge on any atom is 0.161 e. The van der Waals surface area contributed by atoms with Crippen molar-refractivity contribution in [2.24, 2.45) is 10.4 Å². The number of hydrogen-bond donors (Lipinski definition) is 1. The van der Waals surface area contributed by atoms with Gasteiger partial charge in [0.2, 0.25) is 0 Å². The lowest BCUT2D eigenvalue weighted by Gasteiger charge is -2.33. The van der Waals surface area contributed by atoms with Crippen molar-refractivity contribution < 1.29 is 4.74 Å². The fourth-order valence-corrected chi connectivity index (χ4v) is 3.78. The number of aryl methyl sites for hydroxylation is 1. The molecule has 0 saturated heterocycles. The Bertz CT molecular complexity index is 541. The molecule has 0 fully saturated rings. The van der Waals surface area contributed by atoms with Crippen molar-refractivity contribution in [3.05, 3.63) is 22.7 Å². The zero-order chi connectivity index (χ0) is 15.5. The van der Waals surface area contributed by atoms with Crippen LogP contribution in [0.3, 0.4) is 0 Å². The second-order valence-corrected chi connectivity index (χ2v) is 6.92. The van der Waals surface area contributed by atoms with E-state index in [2.05, 4.69) is 19.2 Å². The van der Waals surface area contributed by atoms with Gasteiger partial charge < -0.3 is 10.1 Å². The number of nitrogens with zero attached hydrogens (tertiary/aromatic N) is 1. The molecule has 0 aliphatic carbocycles. The summed E-state index contributed by atoms with van der Waals surface area (Å²) in [5.41, 5.74) is 2.31. The first-order chi connectivity index (χ1) is 10.0. The van der Waals surface area contributed by atoms with Gasteiger partial charge in [0.15, 0.2) is 5.17 Å². The molecule has 0 radical (unpaired) electrons. The number of benzene rings is 1. The molecule has 0 saturated carbocycles. The van der Waals surface area contributed by atoms with Crippen LogP contribution in [0.1, 0.15) is 32.3 Å². The highest BCUT2D eigenvalue weighted by atomic mass is 35.5. The average molecular weight is 327 g/mol. The van der Waals surface area contributed by atoms with Gasteiger partial charge in [0, 0.05) is 23.4 Å². The summed E-state index contributed by atoms with van der Waals surface area (Å²) in [7, 11) is 1.65. The minimum atomic E-state index is 0.357. The first-order valence-electron chi connectivity index (χ1n) is 7.32. The largest absolute Gasteiger partial charge is 0.495 e. The Morgan fingerprint density at radius 3 is 2.62 bits per heavy atom. The van der Waals surface area contributed by atoms with Crippen LogP contribution in [-0.4, -0.2) is 24.6 Å². The van der Waals surface area contributed by atoms with E-state index in [1.54, 1.807) is 18.9 Å². The highest BCUT2D eigenvalue weighted by Crippen LogP contribution is 2.37. The Balaban J connectivity index is 2.16. The van der Waals surface area contributed by atoms with E-state index in [0.29, 0.717) is 10.4 Å². The van der Waals surface area contributed by atoms with E-state index in [0.717, 1.165) is 34.5 Å². The molecule has 0 bridgehead atoms. The molecule has 0 aromatic heterocycles. The lowest BCUT2D eigenvalue weighted by Crippen LogP contribution is -2.32. The maximum atomic E-state index is 6.14. The minimum absolute atomic E-state index is 0.357. The first kappa shape index (κ1) is 16.5. The molecular weight excluding hydrogens is 304 g/mol. The van der Waals surface area contributed by atoms with Gasteiger partial charge in [0.1, 0.15) is 5.75 Å². The second-order valence-electron chi connectivity index (χ2n) is 5.54. The first-order valence-corrected chi connectivity index (χ1v) is 8.68. The molecular formula is C16H23ClN2OS. The molecule has 3 nitrogen and oxygen atoms in total. The molecule has 0 atom stereocenters. The van der Waals surface area contributed by atoms with Gasteiger partial charge in [-0.05, 0) is 36.8 Å². The van der Waals surface area contributed by atoms with Crippen molar-refractivity contribution in [2.75, 3.05) is 24.7 Å². The Morgan fingerprint density at radius 2 is 2.10 bits per heavy atom. The van der Waals surface area contributed by atoms with E-state index in [1.807, 2.05) is 19.1 Å². The monoisotopic (exact) mass is 326 g/mol. The van der Waals surface area contributed by atoms with Crippen LogP contribution in [-0.2, 0) is 0 Å². The SMILES string of the molecule is CCC1(CC)CN=C(Nc2cc(C)c(Cl)cc2OC)SC1. The number of thioether (sulfide) groups is 1. The fraction of sp³-hybridized carbons (Fsp3) is 0.562. The molecule has 0 spiro atoms. The van der Waals surface area contributed by atoms with E-state index in [9.17, 15) is 0 Å². The van der Waals surface area contributed by atoms with Crippen molar-refractivity contribution in [1.82, 2.24) is 0 Å². The van der Waals surface area contributed by atoms with E-state index in [1.165, 1.54) is 12.8 Å². The van der Waals surface area contributed by atoms with E-state index in [-0.39, 0.29) is 0 Å². The number of hydrogen-bond acceptors (Lipinski definition) is 4. The standard InChI is InChI=1S/C16H23ClN2OS/c1-5-16(6-2)9-18-15(21-10-16)19-13-7-11(3)12(17)8-14(13)20-4/h7-8H,5-6,9-10H2,1-4H3,(H,18,19). The van der Waals surface area contributed by atoms with Crippen molar-refractivity contribution in [3.8, 4) is 5.75 Å². The quantitative estimate of drug-likeness (QED) is 0.847. The van der Waals surface area contributed by atoms with Crippen LogP contribution in [0, 0.1) is 12.3 Å². The number of methoxy groups -OCH3 is 1. The number of amidine groups is 1. The summed E-state index contributed by atoms with van der Waals surface area (Å²) in [5.74, 6) is 1.86. The van der Waals surface area contributed by atoms with Gasteiger partial charge in [-0.1, -0.05) is 37.2 Å². The summed E-state index contributed by atoms with van der Waals surface area (Å²) in [6, 6.07) is 3.85. The van der Waals surface area contributed by atoms with Gasteiger partial charge in [-0.25, -0.2) is 0 Å². The number of rotatable bonds is 4. The van der Waals surface area contributed by atoms with Crippen molar-refractivity contribution in [1.29, 1.82) is 0 Å². The molecule has 21 heavy (non-hydrogen) atoms. The lowest BCUT2D eigenvalue weighted by atomic mass is 9.84. The van der Waals surface area contributed by atoms with E-state index >= 15 is 0 Å². The molecule has 1 heterocycles. The topological polar surface area (TPSA) is 33.6 Å². The van der Waals surface area contributed by atoms with Crippen LogP contribution in [0.15, 0.2) is 17.1 Å². The van der Waals surface area contributed by atoms with E-state index in [4.69, 9.17) is 21.3 Å². The minimum Gasteiger partial charge on any atom is -0.495 e. The van der Waals surface area contributed by atoms with Gasteiger partial charge in [0.05, 0.1) is 12.8 Å². The summed E-state index contributed by atoms with van der Waals surface area (Å²) < 4.78 is 5.39. The second kappa shape index (κ2) is 6.93. The van der Waals surface area contributed by atoms with Gasteiger partial charge in [0.25, 0.3) is 0 Å². The molecule has 0 unspecified atom stereocenters. The normalized spacial score (nSPS) is 17.3. The highest BCUT2D eigenvalue weighted by Gasteiger charge is 2.30. The predicted octanol–water partition coefficient (Wildman–Crippen LogP) is 4.98. The molecule has 1 N–H and O–H groups in total. The zero-order valence-electron chi connectivity index (χ0n) is 13.1. The van der Waals surface area contributed by atoms with Crippen molar-refractivity contribution >= 4 is 34.2 Å². The number of nitrogens with one attached hydrogen (secondary N) is 1. The lowest BCUT2D eigenvalue weighted by molar-refractivity contribution is 0.318. The summed E-state index contributed by atoms with van der Waals surface area (Å²) in [5, 5.41) is 5.06. The summed E-state index contributed by atoms with van der Waals surface area (Å²) in [6.07, 6.45) is 2.35. The van der Waals surface area contributed by atoms with Gasteiger partial charge in [-0.15, -0.1) is 0 Å². The molecule has 5 heteroatoms. The van der Waals surface area contributed by atoms with Crippen LogP contribution >= 0.6 is 23.4 Å². The third-order valence-corrected chi connectivity index (χ3v) is 5.96. The number of aliphatic imine (C=N–C) groups is 1. The summed E-state index contributed by atoms with van der Waals surface area (Å²) in [4.78, 5) is 4.73. The zero-order valence-corrected chi connectivity index (χ0v) is 14.7. The molecule has 2 rings (SSSR count). The molecule has 116 valence electrons. The third kappa shape index (κ3) is 3.67. The molecule has 0 amide bonds. The summed E-state index contributed by atoms with van der Waals surface area (Å²) >= 11 is 7.93. The highest BCUT2D eigenvalue weighted by molar-refractivity contribution is 8.14. The van der Waals surface area contributed by atoms with Gasteiger partial charge in [-0.2, -0.15) is 0 Å². The Kier molecular flexibility index (Phi) is 5.44. The smallest absolute Gasteiger partial charge is 0.161 e. The van der Waals surface area contributed by atoms with Crippen molar-refractivity contribution in [3.63, 3.8) is 0 Å². The molecule has 1 aliphatic rings. The molecule has 1 aromatic rings. The Morgan fingerprint density at radius 1 is 1.38 bits per heavy atom. The van der Waals surface area contributed by atoms with E-state index < -0.39 is 0 Å². The van der Waals surface area contributed by atoms with Crippen molar-refractivity contribution in [2.45, 2.75) is 33.6 Å². The number of anilines is 1. The molecule has 1 aliphatic heterocycles. The van der Waals surface area contributed by atoms with Gasteiger partial charge in [-0.3, -0.25) is 4.99 Å². The van der Waals surface area contributed by atoms with Crippen LogP contribution in [0.2, 0.25) is 5.02 Å². The fourth-order valence-electron chi connectivity index (χ4n) is 2.35. The van der Waals surface area contributed by atoms with Crippen LogP contribution in [0.4, 0.5) is 5.69 Å². The van der Waals surface area contributed by atoms with Crippen LogP contribution < -0.4 is 10.1 Å². The number of halogens is 1.